The Morgan fingerprint density at radius 2 is 2.05 bits per heavy atom. The molecule has 110 valence electrons. The average molecular weight is 278 g/mol. The van der Waals surface area contributed by atoms with Crippen molar-refractivity contribution in [2.75, 3.05) is 27.2 Å². The maximum atomic E-state index is 12.4. The fourth-order valence-corrected chi connectivity index (χ4v) is 2.46. The van der Waals surface area contributed by atoms with Crippen molar-refractivity contribution in [3.8, 4) is 11.5 Å². The van der Waals surface area contributed by atoms with Crippen LogP contribution in [0.4, 0.5) is 0 Å². The molecule has 0 aliphatic carbocycles. The molecule has 5 nitrogen and oxygen atoms in total. The van der Waals surface area contributed by atoms with Crippen LogP contribution in [0.15, 0.2) is 18.2 Å². The first-order chi connectivity index (χ1) is 9.49. The van der Waals surface area contributed by atoms with Crippen LogP contribution in [0.3, 0.4) is 0 Å². The van der Waals surface area contributed by atoms with Crippen molar-refractivity contribution < 1.29 is 14.6 Å². The fraction of sp³-hybridized carbons (Fsp3) is 0.533. The second-order valence-electron chi connectivity index (χ2n) is 5.49. The Kier molecular flexibility index (Phi) is 4.18. The SMILES string of the molecule is CNC1(C)CCN(C(=O)c2ccc(OC)c(O)c2)CC1. The van der Waals surface area contributed by atoms with Crippen molar-refractivity contribution in [1.82, 2.24) is 10.2 Å². The Bertz CT molecular complexity index is 494. The summed E-state index contributed by atoms with van der Waals surface area (Å²) < 4.78 is 4.98. The van der Waals surface area contributed by atoms with Crippen LogP contribution >= 0.6 is 0 Å². The number of hydrogen-bond acceptors (Lipinski definition) is 4. The lowest BCUT2D eigenvalue weighted by molar-refractivity contribution is 0.0661. The van der Waals surface area contributed by atoms with E-state index in [1.165, 1.54) is 13.2 Å². The number of benzene rings is 1. The van der Waals surface area contributed by atoms with Crippen molar-refractivity contribution >= 4 is 5.91 Å². The largest absolute Gasteiger partial charge is 0.504 e. The standard InChI is InChI=1S/C15H22N2O3/c1-15(16-2)6-8-17(9-7-15)14(19)11-4-5-13(20-3)12(18)10-11/h4-5,10,16,18H,6-9H2,1-3H3. The Morgan fingerprint density at radius 3 is 2.55 bits per heavy atom. The first-order valence-electron chi connectivity index (χ1n) is 6.84. The molecule has 0 aromatic heterocycles. The molecule has 0 bridgehead atoms. The zero-order chi connectivity index (χ0) is 14.8. The van der Waals surface area contributed by atoms with Gasteiger partial charge in [0.1, 0.15) is 0 Å². The molecule has 2 rings (SSSR count). The number of piperidine rings is 1. The molecule has 1 saturated heterocycles. The number of phenols is 1. The van der Waals surface area contributed by atoms with Gasteiger partial charge in [-0.25, -0.2) is 0 Å². The number of amides is 1. The first-order valence-corrected chi connectivity index (χ1v) is 6.84. The van der Waals surface area contributed by atoms with E-state index >= 15 is 0 Å². The normalized spacial score (nSPS) is 17.9. The number of rotatable bonds is 3. The molecule has 0 spiro atoms. The molecule has 2 N–H and O–H groups in total. The molecule has 1 heterocycles. The van der Waals surface area contributed by atoms with E-state index in [0.717, 1.165) is 25.9 Å². The van der Waals surface area contributed by atoms with Gasteiger partial charge in [0.05, 0.1) is 7.11 Å². The maximum absolute atomic E-state index is 12.4. The Morgan fingerprint density at radius 1 is 1.40 bits per heavy atom. The Balaban J connectivity index is 2.07. The molecule has 1 aliphatic rings. The number of phenolic OH excluding ortho intramolecular Hbond substituents is 1. The summed E-state index contributed by atoms with van der Waals surface area (Å²) in [5.41, 5.74) is 0.607. The van der Waals surface area contributed by atoms with Gasteiger partial charge >= 0.3 is 0 Å². The number of aromatic hydroxyl groups is 1. The Labute approximate surface area is 119 Å². The van der Waals surface area contributed by atoms with E-state index in [1.54, 1.807) is 12.1 Å². The van der Waals surface area contributed by atoms with E-state index < -0.39 is 0 Å². The summed E-state index contributed by atoms with van der Waals surface area (Å²) in [6.07, 6.45) is 1.86. The molecule has 1 aliphatic heterocycles. The van der Waals surface area contributed by atoms with Crippen LogP contribution in [-0.2, 0) is 0 Å². The van der Waals surface area contributed by atoms with Gasteiger partial charge in [0, 0.05) is 24.2 Å². The van der Waals surface area contributed by atoms with Crippen LogP contribution in [0.2, 0.25) is 0 Å². The second-order valence-corrected chi connectivity index (χ2v) is 5.49. The highest BCUT2D eigenvalue weighted by atomic mass is 16.5. The number of hydrogen-bond donors (Lipinski definition) is 2. The van der Waals surface area contributed by atoms with Crippen LogP contribution < -0.4 is 10.1 Å². The summed E-state index contributed by atoms with van der Waals surface area (Å²) in [5.74, 6) is 0.333. The Hall–Kier alpha value is -1.75. The predicted molar refractivity (Wildman–Crippen MR) is 77.3 cm³/mol. The van der Waals surface area contributed by atoms with Crippen LogP contribution in [-0.4, -0.2) is 48.7 Å². The van der Waals surface area contributed by atoms with Gasteiger partial charge in [-0.15, -0.1) is 0 Å². The zero-order valence-electron chi connectivity index (χ0n) is 12.3. The van der Waals surface area contributed by atoms with E-state index in [9.17, 15) is 9.90 Å². The summed E-state index contributed by atoms with van der Waals surface area (Å²) in [6.45, 7) is 3.62. The summed E-state index contributed by atoms with van der Waals surface area (Å²) in [5, 5.41) is 13.1. The van der Waals surface area contributed by atoms with E-state index in [-0.39, 0.29) is 17.2 Å². The minimum atomic E-state index is -0.0406. The molecule has 1 aromatic carbocycles. The van der Waals surface area contributed by atoms with Gasteiger partial charge in [-0.2, -0.15) is 0 Å². The highest BCUT2D eigenvalue weighted by Crippen LogP contribution is 2.28. The number of nitrogens with one attached hydrogen (secondary N) is 1. The maximum Gasteiger partial charge on any atom is 0.253 e. The van der Waals surface area contributed by atoms with Gasteiger partial charge in [0.15, 0.2) is 11.5 Å². The molecule has 0 atom stereocenters. The van der Waals surface area contributed by atoms with E-state index in [4.69, 9.17) is 4.74 Å². The van der Waals surface area contributed by atoms with Gasteiger partial charge in [-0.3, -0.25) is 4.79 Å². The first kappa shape index (κ1) is 14.7. The van der Waals surface area contributed by atoms with Crippen LogP contribution in [0.5, 0.6) is 11.5 Å². The minimum absolute atomic E-state index is 0.00424. The molecule has 0 radical (unpaired) electrons. The predicted octanol–water partition coefficient (Wildman–Crippen LogP) is 1.61. The van der Waals surface area contributed by atoms with E-state index in [1.807, 2.05) is 11.9 Å². The number of methoxy groups -OCH3 is 1. The highest BCUT2D eigenvalue weighted by Gasteiger charge is 2.30. The van der Waals surface area contributed by atoms with Crippen LogP contribution in [0.25, 0.3) is 0 Å². The van der Waals surface area contributed by atoms with Crippen molar-refractivity contribution in [3.63, 3.8) is 0 Å². The third-order valence-electron chi connectivity index (χ3n) is 4.18. The lowest BCUT2D eigenvalue weighted by atomic mass is 9.89. The quantitative estimate of drug-likeness (QED) is 0.882. The molecular formula is C15H22N2O3. The molecule has 5 heteroatoms. The zero-order valence-corrected chi connectivity index (χ0v) is 12.3. The van der Waals surface area contributed by atoms with Crippen molar-refractivity contribution in [2.45, 2.75) is 25.3 Å². The van der Waals surface area contributed by atoms with Crippen LogP contribution in [0, 0.1) is 0 Å². The second kappa shape index (κ2) is 5.71. The molecule has 0 unspecified atom stereocenters. The summed E-state index contributed by atoms with van der Waals surface area (Å²) in [4.78, 5) is 14.2. The van der Waals surface area contributed by atoms with Crippen molar-refractivity contribution in [3.05, 3.63) is 23.8 Å². The number of ether oxygens (including phenoxy) is 1. The third-order valence-corrected chi connectivity index (χ3v) is 4.18. The van der Waals surface area contributed by atoms with Gasteiger partial charge in [0.25, 0.3) is 5.91 Å². The molecule has 1 aromatic rings. The lowest BCUT2D eigenvalue weighted by Crippen LogP contribution is -2.51. The number of carbonyl (C=O) groups is 1. The number of nitrogens with zero attached hydrogens (tertiary/aromatic N) is 1. The van der Waals surface area contributed by atoms with E-state index in [0.29, 0.717) is 11.3 Å². The minimum Gasteiger partial charge on any atom is -0.504 e. The van der Waals surface area contributed by atoms with Gasteiger partial charge < -0.3 is 20.1 Å². The number of likely N-dealkylation sites (tertiary alicyclic amines) is 1. The van der Waals surface area contributed by atoms with Gasteiger partial charge in [-0.05, 0) is 45.0 Å². The summed E-state index contributed by atoms with van der Waals surface area (Å²) in [6, 6.07) is 4.77. The lowest BCUT2D eigenvalue weighted by Gasteiger charge is -2.39. The molecule has 1 fully saturated rings. The number of carbonyl (C=O) groups excluding carboxylic acids is 1. The molecular weight excluding hydrogens is 256 g/mol. The smallest absolute Gasteiger partial charge is 0.253 e. The summed E-state index contributed by atoms with van der Waals surface area (Å²) in [7, 11) is 3.44. The highest BCUT2D eigenvalue weighted by molar-refractivity contribution is 5.95. The monoisotopic (exact) mass is 278 g/mol. The van der Waals surface area contributed by atoms with Crippen molar-refractivity contribution in [1.29, 1.82) is 0 Å². The molecule has 1 amide bonds. The fourth-order valence-electron chi connectivity index (χ4n) is 2.46. The molecule has 20 heavy (non-hydrogen) atoms. The van der Waals surface area contributed by atoms with E-state index in [2.05, 4.69) is 12.2 Å². The summed E-state index contributed by atoms with van der Waals surface area (Å²) >= 11 is 0. The molecule has 0 saturated carbocycles. The van der Waals surface area contributed by atoms with Crippen LogP contribution in [0.1, 0.15) is 30.1 Å². The van der Waals surface area contributed by atoms with Gasteiger partial charge in [-0.1, -0.05) is 0 Å². The topological polar surface area (TPSA) is 61.8 Å². The third kappa shape index (κ3) is 2.88. The average Bonchev–Trinajstić information content (AvgIpc) is 2.47. The van der Waals surface area contributed by atoms with Gasteiger partial charge in [0.2, 0.25) is 0 Å². The van der Waals surface area contributed by atoms with Crippen molar-refractivity contribution in [2.24, 2.45) is 0 Å².